The molecule has 1 aromatic rings. The molecule has 15 heavy (non-hydrogen) atoms. The normalized spacial score (nSPS) is 11.5. The van der Waals surface area contributed by atoms with Gasteiger partial charge in [-0.2, -0.15) is 0 Å². The molecule has 0 aliphatic heterocycles. The summed E-state index contributed by atoms with van der Waals surface area (Å²) in [5.74, 6) is -2.85. The van der Waals surface area contributed by atoms with Gasteiger partial charge in [0.15, 0.2) is 0 Å². The van der Waals surface area contributed by atoms with E-state index in [0.29, 0.717) is 5.69 Å². The van der Waals surface area contributed by atoms with Gasteiger partial charge in [0.2, 0.25) is 0 Å². The first kappa shape index (κ1) is 11.9. The second kappa shape index (κ2) is 4.57. The maximum atomic E-state index is 13.7. The number of anilines is 1. The number of nitrogens with zero attached hydrogens (tertiary/aromatic N) is 1. The number of hydrogen-bond acceptors (Lipinski definition) is 2. The van der Waals surface area contributed by atoms with Crippen LogP contribution in [0.1, 0.15) is 12.0 Å². The SMILES string of the molecule is CN(C)c1ccccc1C(F)(F)CCN. The Balaban J connectivity index is 3.12. The Morgan fingerprint density at radius 3 is 2.40 bits per heavy atom. The van der Waals surface area contributed by atoms with Gasteiger partial charge in [0.25, 0.3) is 5.92 Å². The molecule has 0 spiro atoms. The maximum absolute atomic E-state index is 13.7. The van der Waals surface area contributed by atoms with Gasteiger partial charge in [-0.3, -0.25) is 0 Å². The van der Waals surface area contributed by atoms with Crippen molar-refractivity contribution >= 4 is 5.69 Å². The maximum Gasteiger partial charge on any atom is 0.276 e. The van der Waals surface area contributed by atoms with Crippen LogP contribution in [-0.2, 0) is 5.92 Å². The van der Waals surface area contributed by atoms with Gasteiger partial charge in [-0.15, -0.1) is 0 Å². The van der Waals surface area contributed by atoms with Crippen molar-refractivity contribution < 1.29 is 8.78 Å². The molecule has 0 saturated heterocycles. The summed E-state index contributed by atoms with van der Waals surface area (Å²) >= 11 is 0. The topological polar surface area (TPSA) is 29.3 Å². The quantitative estimate of drug-likeness (QED) is 0.832. The van der Waals surface area contributed by atoms with Crippen LogP contribution in [0.25, 0.3) is 0 Å². The Morgan fingerprint density at radius 2 is 1.87 bits per heavy atom. The van der Waals surface area contributed by atoms with E-state index >= 15 is 0 Å². The zero-order valence-electron chi connectivity index (χ0n) is 9.00. The highest BCUT2D eigenvalue weighted by atomic mass is 19.3. The molecule has 1 aromatic carbocycles. The number of para-hydroxylation sites is 1. The first-order valence-corrected chi connectivity index (χ1v) is 4.84. The van der Waals surface area contributed by atoms with Crippen LogP contribution in [0.2, 0.25) is 0 Å². The fourth-order valence-corrected chi connectivity index (χ4v) is 1.49. The Bertz CT molecular complexity index is 324. The third kappa shape index (κ3) is 2.65. The highest BCUT2D eigenvalue weighted by molar-refractivity contribution is 5.54. The van der Waals surface area contributed by atoms with Crippen LogP contribution in [-0.4, -0.2) is 20.6 Å². The second-order valence-corrected chi connectivity index (χ2v) is 3.65. The summed E-state index contributed by atoms with van der Waals surface area (Å²) in [5.41, 5.74) is 5.76. The lowest BCUT2D eigenvalue weighted by Crippen LogP contribution is -2.22. The van der Waals surface area contributed by atoms with Gasteiger partial charge in [-0.25, -0.2) is 8.78 Å². The van der Waals surface area contributed by atoms with Crippen molar-refractivity contribution in [2.24, 2.45) is 5.73 Å². The van der Waals surface area contributed by atoms with Gasteiger partial charge in [-0.05, 0) is 12.6 Å². The van der Waals surface area contributed by atoms with E-state index in [2.05, 4.69) is 0 Å². The lowest BCUT2D eigenvalue weighted by atomic mass is 10.0. The molecule has 2 nitrogen and oxygen atoms in total. The van der Waals surface area contributed by atoms with E-state index in [9.17, 15) is 8.78 Å². The summed E-state index contributed by atoms with van der Waals surface area (Å²) in [6, 6.07) is 6.49. The van der Waals surface area contributed by atoms with E-state index in [1.807, 2.05) is 0 Å². The molecule has 0 heterocycles. The fourth-order valence-electron chi connectivity index (χ4n) is 1.49. The number of hydrogen-bond donors (Lipinski definition) is 1. The van der Waals surface area contributed by atoms with Crippen molar-refractivity contribution in [2.45, 2.75) is 12.3 Å². The summed E-state index contributed by atoms with van der Waals surface area (Å²) in [6.45, 7) is -0.0191. The molecule has 84 valence electrons. The summed E-state index contributed by atoms with van der Waals surface area (Å²) < 4.78 is 27.3. The Labute approximate surface area is 88.7 Å². The number of alkyl halides is 2. The average Bonchev–Trinajstić information content (AvgIpc) is 2.17. The van der Waals surface area contributed by atoms with Crippen molar-refractivity contribution in [1.82, 2.24) is 0 Å². The van der Waals surface area contributed by atoms with Crippen molar-refractivity contribution in [2.75, 3.05) is 25.5 Å². The molecular weight excluding hydrogens is 198 g/mol. The Hall–Kier alpha value is -1.16. The summed E-state index contributed by atoms with van der Waals surface area (Å²) in [5, 5.41) is 0. The van der Waals surface area contributed by atoms with E-state index in [-0.39, 0.29) is 18.5 Å². The molecule has 2 N–H and O–H groups in total. The summed E-state index contributed by atoms with van der Waals surface area (Å²) in [4.78, 5) is 1.68. The van der Waals surface area contributed by atoms with Crippen LogP contribution < -0.4 is 10.6 Å². The van der Waals surface area contributed by atoms with Crippen LogP contribution in [0.3, 0.4) is 0 Å². The third-order valence-electron chi connectivity index (χ3n) is 2.24. The second-order valence-electron chi connectivity index (χ2n) is 3.65. The summed E-state index contributed by atoms with van der Waals surface area (Å²) in [6.07, 6.45) is -0.322. The Morgan fingerprint density at radius 1 is 1.27 bits per heavy atom. The minimum Gasteiger partial charge on any atom is -0.377 e. The lowest BCUT2D eigenvalue weighted by Gasteiger charge is -2.23. The zero-order valence-corrected chi connectivity index (χ0v) is 9.00. The van der Waals surface area contributed by atoms with E-state index < -0.39 is 5.92 Å². The molecule has 0 saturated carbocycles. The minimum absolute atomic E-state index is 0.0191. The number of nitrogens with two attached hydrogens (primary N) is 1. The molecule has 1 rings (SSSR count). The van der Waals surface area contributed by atoms with Crippen molar-refractivity contribution in [1.29, 1.82) is 0 Å². The van der Waals surface area contributed by atoms with Crippen molar-refractivity contribution in [3.8, 4) is 0 Å². The van der Waals surface area contributed by atoms with Crippen molar-refractivity contribution in [3.05, 3.63) is 29.8 Å². The molecule has 0 radical (unpaired) electrons. The van der Waals surface area contributed by atoms with Crippen LogP contribution >= 0.6 is 0 Å². The van der Waals surface area contributed by atoms with Gasteiger partial charge in [-0.1, -0.05) is 18.2 Å². The Kier molecular flexibility index (Phi) is 3.63. The van der Waals surface area contributed by atoms with E-state index in [0.717, 1.165) is 0 Å². The molecule has 0 unspecified atom stereocenters. The highest BCUT2D eigenvalue weighted by Crippen LogP contribution is 2.36. The van der Waals surface area contributed by atoms with E-state index in [4.69, 9.17) is 5.73 Å². The first-order valence-electron chi connectivity index (χ1n) is 4.84. The standard InChI is InChI=1S/C11H16F2N2/c1-15(2)10-6-4-3-5-9(10)11(12,13)7-8-14/h3-6H,7-8,14H2,1-2H3. The predicted octanol–water partition coefficient (Wildman–Crippen LogP) is 2.19. The lowest BCUT2D eigenvalue weighted by molar-refractivity contribution is -0.0101. The number of halogens is 2. The molecule has 0 bridgehead atoms. The number of benzene rings is 1. The van der Waals surface area contributed by atoms with Gasteiger partial charge in [0, 0.05) is 31.8 Å². The van der Waals surface area contributed by atoms with Gasteiger partial charge >= 0.3 is 0 Å². The van der Waals surface area contributed by atoms with E-state index in [1.54, 1.807) is 37.2 Å². The van der Waals surface area contributed by atoms with E-state index in [1.165, 1.54) is 6.07 Å². The molecule has 0 aromatic heterocycles. The van der Waals surface area contributed by atoms with Crippen LogP contribution in [0.4, 0.5) is 14.5 Å². The highest BCUT2D eigenvalue weighted by Gasteiger charge is 2.33. The smallest absolute Gasteiger partial charge is 0.276 e. The molecule has 4 heteroatoms. The molecule has 0 fully saturated rings. The largest absolute Gasteiger partial charge is 0.377 e. The van der Waals surface area contributed by atoms with Gasteiger partial charge in [0.1, 0.15) is 0 Å². The van der Waals surface area contributed by atoms with Gasteiger partial charge < -0.3 is 10.6 Å². The van der Waals surface area contributed by atoms with Crippen LogP contribution in [0.5, 0.6) is 0 Å². The predicted molar refractivity (Wildman–Crippen MR) is 58.3 cm³/mol. The molecule has 0 aliphatic carbocycles. The number of rotatable bonds is 4. The zero-order chi connectivity index (χ0) is 11.5. The van der Waals surface area contributed by atoms with Crippen LogP contribution in [0.15, 0.2) is 24.3 Å². The first-order chi connectivity index (χ1) is 6.99. The molecule has 0 atom stereocenters. The van der Waals surface area contributed by atoms with Crippen molar-refractivity contribution in [3.63, 3.8) is 0 Å². The fraction of sp³-hybridized carbons (Fsp3) is 0.455. The van der Waals surface area contributed by atoms with Crippen LogP contribution in [0, 0.1) is 0 Å². The van der Waals surface area contributed by atoms with Gasteiger partial charge in [0.05, 0.1) is 0 Å². The third-order valence-corrected chi connectivity index (χ3v) is 2.24. The molecular formula is C11H16F2N2. The minimum atomic E-state index is -2.85. The monoisotopic (exact) mass is 214 g/mol. The molecule has 0 aliphatic rings. The average molecular weight is 214 g/mol. The summed E-state index contributed by atoms with van der Waals surface area (Å²) in [7, 11) is 3.49. The molecule has 0 amide bonds.